The Hall–Kier alpha value is -2.56. The first-order chi connectivity index (χ1) is 11.8. The summed E-state index contributed by atoms with van der Waals surface area (Å²) in [6.07, 6.45) is 4.33. The van der Waals surface area contributed by atoms with Crippen molar-refractivity contribution in [1.82, 2.24) is 4.98 Å². The minimum atomic E-state index is 0.0423. The van der Waals surface area contributed by atoms with E-state index in [0.717, 1.165) is 29.2 Å². The van der Waals surface area contributed by atoms with Gasteiger partial charge in [0.05, 0.1) is 0 Å². The largest absolute Gasteiger partial charge is 0.486 e. The topological polar surface area (TPSA) is 51.7 Å². The van der Waals surface area contributed by atoms with Crippen LogP contribution in [0.4, 0.5) is 5.69 Å². The molecule has 1 saturated carbocycles. The number of aromatic nitrogens is 1. The second-order valence-corrected chi connectivity index (χ2v) is 6.14. The van der Waals surface area contributed by atoms with Crippen molar-refractivity contribution in [2.75, 3.05) is 24.7 Å². The van der Waals surface area contributed by atoms with Gasteiger partial charge in [-0.25, -0.2) is 0 Å². The van der Waals surface area contributed by atoms with Gasteiger partial charge in [-0.1, -0.05) is 6.07 Å². The van der Waals surface area contributed by atoms with Gasteiger partial charge < -0.3 is 14.4 Å². The highest BCUT2D eigenvalue weighted by Crippen LogP contribution is 2.50. The van der Waals surface area contributed by atoms with Gasteiger partial charge in [-0.15, -0.1) is 0 Å². The molecule has 2 heterocycles. The van der Waals surface area contributed by atoms with E-state index in [2.05, 4.69) is 4.98 Å². The lowest BCUT2D eigenvalue weighted by Gasteiger charge is -2.21. The molecule has 0 spiro atoms. The van der Waals surface area contributed by atoms with Crippen molar-refractivity contribution in [3.8, 4) is 11.5 Å². The number of benzene rings is 1. The van der Waals surface area contributed by atoms with Gasteiger partial charge in [-0.3, -0.25) is 9.78 Å². The van der Waals surface area contributed by atoms with Crippen LogP contribution in [0.3, 0.4) is 0 Å². The first kappa shape index (κ1) is 15.0. The zero-order chi connectivity index (χ0) is 16.5. The van der Waals surface area contributed by atoms with Crippen molar-refractivity contribution in [2.24, 2.45) is 5.92 Å². The number of ether oxygens (including phenoxy) is 2. The number of amides is 1. The van der Waals surface area contributed by atoms with Crippen molar-refractivity contribution in [3.63, 3.8) is 0 Å². The standard InChI is InChI=1S/C19H20N2O3/c1-2-21(14-5-7-20-8-6-14)19(22)16-12-15(16)13-3-4-17-18(11-13)24-10-9-23-17/h3-8,11,15-16H,2,9-10,12H2,1H3/t15-,16+/m0/s1. The van der Waals surface area contributed by atoms with Gasteiger partial charge in [0.15, 0.2) is 11.5 Å². The molecule has 2 aromatic rings. The third kappa shape index (κ3) is 2.70. The maximum atomic E-state index is 12.9. The van der Waals surface area contributed by atoms with Gasteiger partial charge in [0, 0.05) is 30.5 Å². The molecular formula is C19H20N2O3. The van der Waals surface area contributed by atoms with Crippen LogP contribution < -0.4 is 14.4 Å². The van der Waals surface area contributed by atoms with Crippen molar-refractivity contribution < 1.29 is 14.3 Å². The van der Waals surface area contributed by atoms with Crippen LogP contribution in [0, 0.1) is 5.92 Å². The number of anilines is 1. The van der Waals surface area contributed by atoms with Crippen LogP contribution in [0.15, 0.2) is 42.7 Å². The number of pyridine rings is 1. The minimum Gasteiger partial charge on any atom is -0.486 e. The molecule has 0 saturated heterocycles. The number of rotatable bonds is 4. The molecule has 2 aliphatic rings. The Morgan fingerprint density at radius 3 is 2.67 bits per heavy atom. The normalized spacial score (nSPS) is 21.2. The van der Waals surface area contributed by atoms with Gasteiger partial charge in [0.2, 0.25) is 5.91 Å². The predicted octanol–water partition coefficient (Wildman–Crippen LogP) is 3.01. The molecule has 1 fully saturated rings. The van der Waals surface area contributed by atoms with Crippen LogP contribution in [0.2, 0.25) is 0 Å². The highest BCUT2D eigenvalue weighted by molar-refractivity contribution is 5.97. The van der Waals surface area contributed by atoms with Crippen LogP contribution in [-0.4, -0.2) is 30.6 Å². The van der Waals surface area contributed by atoms with E-state index in [1.54, 1.807) is 12.4 Å². The molecule has 124 valence electrons. The summed E-state index contributed by atoms with van der Waals surface area (Å²) >= 11 is 0. The van der Waals surface area contributed by atoms with E-state index in [-0.39, 0.29) is 17.7 Å². The third-order valence-corrected chi connectivity index (χ3v) is 4.66. The molecule has 24 heavy (non-hydrogen) atoms. The Morgan fingerprint density at radius 2 is 1.92 bits per heavy atom. The molecular weight excluding hydrogens is 304 g/mol. The molecule has 1 aromatic heterocycles. The Bertz CT molecular complexity index is 748. The number of carbonyl (C=O) groups excluding carboxylic acids is 1. The molecule has 5 nitrogen and oxygen atoms in total. The van der Waals surface area contributed by atoms with E-state index in [1.807, 2.05) is 42.2 Å². The summed E-state index contributed by atoms with van der Waals surface area (Å²) in [6, 6.07) is 9.78. The van der Waals surface area contributed by atoms with E-state index in [4.69, 9.17) is 9.47 Å². The summed E-state index contributed by atoms with van der Waals surface area (Å²) in [4.78, 5) is 18.7. The number of nitrogens with zero attached hydrogens (tertiary/aromatic N) is 2. The van der Waals surface area contributed by atoms with Gasteiger partial charge in [-0.05, 0) is 49.1 Å². The number of hydrogen-bond acceptors (Lipinski definition) is 4. The zero-order valence-corrected chi connectivity index (χ0v) is 13.6. The molecule has 1 aliphatic heterocycles. The van der Waals surface area contributed by atoms with Crippen molar-refractivity contribution in [1.29, 1.82) is 0 Å². The molecule has 2 atom stereocenters. The Kier molecular flexibility index (Phi) is 3.84. The monoisotopic (exact) mass is 324 g/mol. The molecule has 0 unspecified atom stereocenters. The fourth-order valence-electron chi connectivity index (χ4n) is 3.32. The highest BCUT2D eigenvalue weighted by atomic mass is 16.6. The van der Waals surface area contributed by atoms with Crippen LogP contribution >= 0.6 is 0 Å². The van der Waals surface area contributed by atoms with E-state index in [0.29, 0.717) is 19.8 Å². The zero-order valence-electron chi connectivity index (χ0n) is 13.6. The lowest BCUT2D eigenvalue weighted by molar-refractivity contribution is -0.119. The molecule has 1 amide bonds. The van der Waals surface area contributed by atoms with E-state index in [9.17, 15) is 4.79 Å². The molecule has 0 bridgehead atoms. The van der Waals surface area contributed by atoms with Crippen molar-refractivity contribution in [2.45, 2.75) is 19.3 Å². The quantitative estimate of drug-likeness (QED) is 0.867. The molecule has 1 aromatic carbocycles. The summed E-state index contributed by atoms with van der Waals surface area (Å²) in [7, 11) is 0. The minimum absolute atomic E-state index is 0.0423. The van der Waals surface area contributed by atoms with E-state index < -0.39 is 0 Å². The fraction of sp³-hybridized carbons (Fsp3) is 0.368. The maximum Gasteiger partial charge on any atom is 0.230 e. The lowest BCUT2D eigenvalue weighted by atomic mass is 10.1. The molecule has 1 aliphatic carbocycles. The summed E-state index contributed by atoms with van der Waals surface area (Å²) in [5, 5.41) is 0. The summed E-state index contributed by atoms with van der Waals surface area (Å²) in [6.45, 7) is 3.83. The molecule has 4 rings (SSSR count). The number of carbonyl (C=O) groups is 1. The van der Waals surface area contributed by atoms with Crippen molar-refractivity contribution in [3.05, 3.63) is 48.3 Å². The number of fused-ring (bicyclic) bond motifs is 1. The van der Waals surface area contributed by atoms with Gasteiger partial charge in [0.25, 0.3) is 0 Å². The van der Waals surface area contributed by atoms with Gasteiger partial charge in [0.1, 0.15) is 13.2 Å². The molecule has 0 radical (unpaired) electrons. The third-order valence-electron chi connectivity index (χ3n) is 4.66. The first-order valence-corrected chi connectivity index (χ1v) is 8.39. The van der Waals surface area contributed by atoms with Crippen LogP contribution in [-0.2, 0) is 4.79 Å². The SMILES string of the molecule is CCN(C(=O)[C@@H]1C[C@H]1c1ccc2c(c1)OCCO2)c1ccncc1. The first-order valence-electron chi connectivity index (χ1n) is 8.39. The van der Waals surface area contributed by atoms with Crippen molar-refractivity contribution >= 4 is 11.6 Å². The highest BCUT2D eigenvalue weighted by Gasteiger charge is 2.46. The Morgan fingerprint density at radius 1 is 1.17 bits per heavy atom. The van der Waals surface area contributed by atoms with Crippen LogP contribution in [0.5, 0.6) is 11.5 Å². The summed E-state index contributed by atoms with van der Waals surface area (Å²) in [5.41, 5.74) is 2.06. The second kappa shape index (κ2) is 6.15. The smallest absolute Gasteiger partial charge is 0.230 e. The fourth-order valence-corrected chi connectivity index (χ4v) is 3.32. The molecule has 0 N–H and O–H groups in total. The Balaban J connectivity index is 1.50. The molecule has 5 heteroatoms. The lowest BCUT2D eigenvalue weighted by Crippen LogP contribution is -2.32. The average Bonchev–Trinajstić information content (AvgIpc) is 3.43. The average molecular weight is 324 g/mol. The van der Waals surface area contributed by atoms with Gasteiger partial charge >= 0.3 is 0 Å². The second-order valence-electron chi connectivity index (χ2n) is 6.14. The predicted molar refractivity (Wildman–Crippen MR) is 90.5 cm³/mol. The van der Waals surface area contributed by atoms with Gasteiger partial charge in [-0.2, -0.15) is 0 Å². The van der Waals surface area contributed by atoms with Crippen LogP contribution in [0.1, 0.15) is 24.8 Å². The summed E-state index contributed by atoms with van der Waals surface area (Å²) < 4.78 is 11.2. The Labute approximate surface area is 141 Å². The number of hydrogen-bond donors (Lipinski definition) is 0. The van der Waals surface area contributed by atoms with E-state index in [1.165, 1.54) is 0 Å². The van der Waals surface area contributed by atoms with Crippen LogP contribution in [0.25, 0.3) is 0 Å². The summed E-state index contributed by atoms with van der Waals surface area (Å²) in [5.74, 6) is 2.08. The maximum absolute atomic E-state index is 12.9. The van der Waals surface area contributed by atoms with E-state index >= 15 is 0 Å².